The maximum Gasteiger partial charge on any atom is 0.00953 e. The van der Waals surface area contributed by atoms with E-state index in [0.29, 0.717) is 0 Å². The van der Waals surface area contributed by atoms with E-state index in [4.69, 9.17) is 0 Å². The lowest BCUT2D eigenvalue weighted by Crippen LogP contribution is -2.45. The van der Waals surface area contributed by atoms with Gasteiger partial charge in [-0.3, -0.25) is 0 Å². The molecule has 0 radical (unpaired) electrons. The Bertz CT molecular complexity index is 241. The Kier molecular flexibility index (Phi) is 4.58. The molecule has 1 heterocycles. The van der Waals surface area contributed by atoms with Gasteiger partial charge in [-0.15, -0.1) is 0 Å². The SMILES string of the molecule is C1CCCC(N2CCCC(CNC3CC3)C2)CC1. The third-order valence-electron chi connectivity index (χ3n) is 5.16. The Hall–Kier alpha value is -0.0800. The van der Waals surface area contributed by atoms with E-state index in [0.717, 1.165) is 18.0 Å². The predicted octanol–water partition coefficient (Wildman–Crippen LogP) is 3.17. The second-order valence-electron chi connectivity index (χ2n) is 6.83. The highest BCUT2D eigenvalue weighted by Crippen LogP contribution is 2.27. The Labute approximate surface area is 113 Å². The fourth-order valence-corrected chi connectivity index (χ4v) is 3.84. The van der Waals surface area contributed by atoms with Gasteiger partial charge in [0.05, 0.1) is 0 Å². The van der Waals surface area contributed by atoms with Gasteiger partial charge in [0.2, 0.25) is 0 Å². The molecule has 0 amide bonds. The maximum absolute atomic E-state index is 3.74. The molecule has 3 aliphatic rings. The van der Waals surface area contributed by atoms with Gasteiger partial charge >= 0.3 is 0 Å². The standard InChI is InChI=1S/C16H30N2/c1-2-4-8-16(7-3-1)18-11-5-6-14(13-18)12-17-15-9-10-15/h14-17H,1-13H2. The van der Waals surface area contributed by atoms with Gasteiger partial charge in [-0.25, -0.2) is 0 Å². The van der Waals surface area contributed by atoms with Gasteiger partial charge in [0.1, 0.15) is 0 Å². The Balaban J connectivity index is 1.45. The molecule has 1 aliphatic heterocycles. The smallest absolute Gasteiger partial charge is 0.00953 e. The third-order valence-corrected chi connectivity index (χ3v) is 5.16. The number of nitrogens with one attached hydrogen (secondary N) is 1. The summed E-state index contributed by atoms with van der Waals surface area (Å²) in [6.07, 6.45) is 14.6. The van der Waals surface area contributed by atoms with Crippen LogP contribution in [-0.2, 0) is 0 Å². The summed E-state index contributed by atoms with van der Waals surface area (Å²) in [7, 11) is 0. The normalized spacial score (nSPS) is 32.3. The second-order valence-corrected chi connectivity index (χ2v) is 6.83. The highest BCUT2D eigenvalue weighted by molar-refractivity contribution is 4.85. The van der Waals surface area contributed by atoms with Crippen molar-refractivity contribution >= 4 is 0 Å². The summed E-state index contributed by atoms with van der Waals surface area (Å²) in [4.78, 5) is 2.84. The first-order valence-electron chi connectivity index (χ1n) is 8.39. The Morgan fingerprint density at radius 1 is 0.833 bits per heavy atom. The summed E-state index contributed by atoms with van der Waals surface area (Å²) in [5, 5.41) is 3.74. The minimum absolute atomic E-state index is 0.887. The zero-order valence-electron chi connectivity index (χ0n) is 11.9. The number of piperidine rings is 1. The Morgan fingerprint density at radius 2 is 1.61 bits per heavy atom. The Morgan fingerprint density at radius 3 is 2.33 bits per heavy atom. The molecule has 0 aromatic heterocycles. The molecule has 0 spiro atoms. The van der Waals surface area contributed by atoms with Crippen molar-refractivity contribution < 1.29 is 0 Å². The minimum Gasteiger partial charge on any atom is -0.314 e. The van der Waals surface area contributed by atoms with Crippen LogP contribution in [0.5, 0.6) is 0 Å². The van der Waals surface area contributed by atoms with Crippen LogP contribution in [0.25, 0.3) is 0 Å². The summed E-state index contributed by atoms with van der Waals surface area (Å²) in [6.45, 7) is 4.04. The van der Waals surface area contributed by atoms with E-state index in [1.54, 1.807) is 0 Å². The van der Waals surface area contributed by atoms with E-state index in [9.17, 15) is 0 Å². The fourth-order valence-electron chi connectivity index (χ4n) is 3.84. The molecule has 1 saturated heterocycles. The van der Waals surface area contributed by atoms with Gasteiger partial charge in [-0.05, 0) is 57.5 Å². The van der Waals surface area contributed by atoms with Crippen LogP contribution in [0.1, 0.15) is 64.2 Å². The quantitative estimate of drug-likeness (QED) is 0.771. The first kappa shape index (κ1) is 12.9. The first-order valence-corrected chi connectivity index (χ1v) is 8.39. The average molecular weight is 250 g/mol. The van der Waals surface area contributed by atoms with Crippen molar-refractivity contribution in [1.82, 2.24) is 10.2 Å². The van der Waals surface area contributed by atoms with Gasteiger partial charge in [-0.1, -0.05) is 25.7 Å². The van der Waals surface area contributed by atoms with E-state index < -0.39 is 0 Å². The molecule has 2 nitrogen and oxygen atoms in total. The van der Waals surface area contributed by atoms with Crippen LogP contribution in [0.3, 0.4) is 0 Å². The minimum atomic E-state index is 0.887. The fraction of sp³-hybridized carbons (Fsp3) is 1.00. The summed E-state index contributed by atoms with van der Waals surface area (Å²) in [5.74, 6) is 0.933. The van der Waals surface area contributed by atoms with Crippen molar-refractivity contribution in [3.8, 4) is 0 Å². The number of rotatable bonds is 4. The van der Waals surface area contributed by atoms with Crippen LogP contribution in [0.15, 0.2) is 0 Å². The lowest BCUT2D eigenvalue weighted by atomic mass is 9.95. The monoisotopic (exact) mass is 250 g/mol. The van der Waals surface area contributed by atoms with Gasteiger partial charge in [0.25, 0.3) is 0 Å². The summed E-state index contributed by atoms with van der Waals surface area (Å²) < 4.78 is 0. The van der Waals surface area contributed by atoms with Crippen LogP contribution in [0.2, 0.25) is 0 Å². The molecule has 3 fully saturated rings. The topological polar surface area (TPSA) is 15.3 Å². The summed E-state index contributed by atoms with van der Waals surface area (Å²) >= 11 is 0. The molecule has 18 heavy (non-hydrogen) atoms. The molecule has 2 saturated carbocycles. The second kappa shape index (κ2) is 6.38. The lowest BCUT2D eigenvalue weighted by molar-refractivity contribution is 0.111. The largest absolute Gasteiger partial charge is 0.314 e. The first-order chi connectivity index (χ1) is 8.92. The third kappa shape index (κ3) is 3.71. The van der Waals surface area contributed by atoms with Gasteiger partial charge < -0.3 is 10.2 Å². The zero-order chi connectivity index (χ0) is 12.2. The molecular formula is C16H30N2. The molecular weight excluding hydrogens is 220 g/mol. The van der Waals surface area contributed by atoms with Crippen LogP contribution in [0, 0.1) is 5.92 Å². The lowest BCUT2D eigenvalue weighted by Gasteiger charge is -2.38. The number of likely N-dealkylation sites (tertiary alicyclic amines) is 1. The number of hydrogen-bond donors (Lipinski definition) is 1. The highest BCUT2D eigenvalue weighted by atomic mass is 15.2. The van der Waals surface area contributed by atoms with E-state index in [1.807, 2.05) is 0 Å². The predicted molar refractivity (Wildman–Crippen MR) is 76.8 cm³/mol. The molecule has 0 aromatic carbocycles. The van der Waals surface area contributed by atoms with Crippen molar-refractivity contribution in [2.24, 2.45) is 5.92 Å². The van der Waals surface area contributed by atoms with Crippen molar-refractivity contribution in [2.75, 3.05) is 19.6 Å². The molecule has 3 rings (SSSR count). The van der Waals surface area contributed by atoms with Crippen LogP contribution in [0.4, 0.5) is 0 Å². The molecule has 1 atom stereocenters. The van der Waals surface area contributed by atoms with E-state index in [-0.39, 0.29) is 0 Å². The highest BCUT2D eigenvalue weighted by Gasteiger charge is 2.28. The van der Waals surface area contributed by atoms with Gasteiger partial charge in [-0.2, -0.15) is 0 Å². The molecule has 1 unspecified atom stereocenters. The van der Waals surface area contributed by atoms with Crippen molar-refractivity contribution in [3.63, 3.8) is 0 Å². The van der Waals surface area contributed by atoms with Crippen LogP contribution < -0.4 is 5.32 Å². The molecule has 104 valence electrons. The van der Waals surface area contributed by atoms with Gasteiger partial charge in [0.15, 0.2) is 0 Å². The van der Waals surface area contributed by atoms with E-state index in [2.05, 4.69) is 10.2 Å². The van der Waals surface area contributed by atoms with Crippen LogP contribution in [-0.4, -0.2) is 36.6 Å². The number of nitrogens with zero attached hydrogens (tertiary/aromatic N) is 1. The molecule has 2 aliphatic carbocycles. The van der Waals surface area contributed by atoms with Crippen molar-refractivity contribution in [2.45, 2.75) is 76.3 Å². The van der Waals surface area contributed by atoms with E-state index in [1.165, 1.54) is 83.8 Å². The van der Waals surface area contributed by atoms with E-state index >= 15 is 0 Å². The van der Waals surface area contributed by atoms with Crippen molar-refractivity contribution in [1.29, 1.82) is 0 Å². The molecule has 0 aromatic rings. The maximum atomic E-state index is 3.74. The summed E-state index contributed by atoms with van der Waals surface area (Å²) in [5.41, 5.74) is 0. The van der Waals surface area contributed by atoms with Gasteiger partial charge in [0, 0.05) is 18.6 Å². The number of hydrogen-bond acceptors (Lipinski definition) is 2. The average Bonchev–Trinajstić information content (AvgIpc) is 3.24. The molecule has 2 heteroatoms. The summed E-state index contributed by atoms with van der Waals surface area (Å²) in [6, 6.07) is 1.81. The zero-order valence-corrected chi connectivity index (χ0v) is 11.9. The molecule has 0 bridgehead atoms. The van der Waals surface area contributed by atoms with Crippen molar-refractivity contribution in [3.05, 3.63) is 0 Å². The van der Waals surface area contributed by atoms with Crippen LogP contribution >= 0.6 is 0 Å². The molecule has 1 N–H and O–H groups in total.